The highest BCUT2D eigenvalue weighted by Gasteiger charge is 2.35. The Labute approximate surface area is 205 Å². The number of nitrogens with one attached hydrogen (secondary N) is 2. The molecule has 2 aliphatic rings. The Balaban J connectivity index is 1.57. The fourth-order valence-corrected chi connectivity index (χ4v) is 4.83. The normalized spacial score (nSPS) is 19.0. The van der Waals surface area contributed by atoms with Crippen LogP contribution in [0.5, 0.6) is 0 Å². The molecule has 0 aromatic heterocycles. The van der Waals surface area contributed by atoms with Crippen LogP contribution in [0.1, 0.15) is 29.7 Å². The number of nitrogens with zero attached hydrogens (tertiary/aromatic N) is 2. The number of halogens is 1. The Bertz CT molecular complexity index is 1110. The molecule has 0 aliphatic carbocycles. The van der Waals surface area contributed by atoms with E-state index in [1.54, 1.807) is 13.0 Å². The first-order valence-electron chi connectivity index (χ1n) is 11.6. The molecule has 8 heteroatoms. The van der Waals surface area contributed by atoms with Crippen molar-refractivity contribution in [3.8, 4) is 0 Å². The van der Waals surface area contributed by atoms with Crippen molar-refractivity contribution in [2.75, 3.05) is 44.2 Å². The van der Waals surface area contributed by atoms with Crippen molar-refractivity contribution in [2.45, 2.75) is 26.8 Å². The summed E-state index contributed by atoms with van der Waals surface area (Å²) in [4.78, 5) is 30.2. The second kappa shape index (κ2) is 10.5. The molecule has 1 fully saturated rings. The van der Waals surface area contributed by atoms with E-state index >= 15 is 0 Å². The lowest BCUT2D eigenvalue weighted by Crippen LogP contribution is -2.52. The summed E-state index contributed by atoms with van der Waals surface area (Å²) in [6, 6.07) is 12.6. The molecule has 0 bridgehead atoms. The zero-order chi connectivity index (χ0) is 24.2. The van der Waals surface area contributed by atoms with Gasteiger partial charge in [-0.25, -0.2) is 9.59 Å². The molecule has 180 valence electrons. The van der Waals surface area contributed by atoms with Crippen LogP contribution in [0.3, 0.4) is 0 Å². The van der Waals surface area contributed by atoms with Crippen LogP contribution in [0.4, 0.5) is 10.5 Å². The van der Waals surface area contributed by atoms with Gasteiger partial charge in [0, 0.05) is 49.1 Å². The van der Waals surface area contributed by atoms with Crippen LogP contribution in [0.25, 0.3) is 0 Å². The summed E-state index contributed by atoms with van der Waals surface area (Å²) in [7, 11) is 0. The van der Waals surface area contributed by atoms with E-state index in [1.807, 2.05) is 18.2 Å². The van der Waals surface area contributed by atoms with E-state index in [0.717, 1.165) is 26.2 Å². The van der Waals surface area contributed by atoms with Crippen molar-refractivity contribution >= 4 is 29.3 Å². The fourth-order valence-electron chi connectivity index (χ4n) is 4.58. The fraction of sp³-hybridized carbons (Fsp3) is 0.385. The molecule has 2 aromatic rings. The summed E-state index contributed by atoms with van der Waals surface area (Å²) in [5, 5.41) is 6.20. The first-order valence-corrected chi connectivity index (χ1v) is 12.0. The van der Waals surface area contributed by atoms with E-state index in [9.17, 15) is 9.59 Å². The average Bonchev–Trinajstić information content (AvgIpc) is 2.81. The number of hydrogen-bond acceptors (Lipinski definition) is 5. The van der Waals surface area contributed by atoms with Gasteiger partial charge in [-0.05, 0) is 49.6 Å². The molecule has 2 aliphatic heterocycles. The number of carbonyl (C=O) groups excluding carboxylic acids is 2. The van der Waals surface area contributed by atoms with Gasteiger partial charge in [0.2, 0.25) is 0 Å². The summed E-state index contributed by atoms with van der Waals surface area (Å²) < 4.78 is 5.37. The van der Waals surface area contributed by atoms with Crippen LogP contribution in [-0.4, -0.2) is 56.2 Å². The first-order chi connectivity index (χ1) is 16.4. The van der Waals surface area contributed by atoms with Gasteiger partial charge in [-0.2, -0.15) is 0 Å². The third-order valence-corrected chi connectivity index (χ3v) is 6.88. The maximum atomic E-state index is 13.0. The zero-order valence-corrected chi connectivity index (χ0v) is 20.6. The van der Waals surface area contributed by atoms with Gasteiger partial charge in [0.1, 0.15) is 0 Å². The summed E-state index contributed by atoms with van der Waals surface area (Å²) in [6.07, 6.45) is 0. The minimum absolute atomic E-state index is 0.243. The highest BCUT2D eigenvalue weighted by Crippen LogP contribution is 2.32. The molecular formula is C26H31ClN4O3. The van der Waals surface area contributed by atoms with Gasteiger partial charge < -0.3 is 20.3 Å². The standard InChI is InChI=1S/C26H31ClN4O3/c1-4-34-25(32)23-21(28-26(33)29-24(23)19-9-5-6-10-20(19)27)16-30-12-14-31(15-13-30)22-11-7-8-17(2)18(22)3/h5-11,24H,4,12-16H2,1-3H3,(H2,28,29,33)/t24-/m0/s1. The van der Waals surface area contributed by atoms with E-state index < -0.39 is 12.0 Å². The molecule has 7 nitrogen and oxygen atoms in total. The number of anilines is 1. The Morgan fingerprint density at radius 2 is 1.82 bits per heavy atom. The molecule has 0 radical (unpaired) electrons. The highest BCUT2D eigenvalue weighted by molar-refractivity contribution is 6.31. The molecule has 4 rings (SSSR count). The summed E-state index contributed by atoms with van der Waals surface area (Å²) in [5.41, 5.74) is 5.47. The van der Waals surface area contributed by atoms with Crippen LogP contribution in [0.2, 0.25) is 5.02 Å². The molecular weight excluding hydrogens is 452 g/mol. The second-order valence-electron chi connectivity index (χ2n) is 8.65. The molecule has 0 spiro atoms. The van der Waals surface area contributed by atoms with E-state index in [2.05, 4.69) is 52.5 Å². The number of aryl methyl sites for hydroxylation is 1. The zero-order valence-electron chi connectivity index (χ0n) is 19.9. The maximum absolute atomic E-state index is 13.0. The number of rotatable bonds is 6. The Morgan fingerprint density at radius 3 is 2.53 bits per heavy atom. The number of amides is 2. The second-order valence-corrected chi connectivity index (χ2v) is 9.06. The monoisotopic (exact) mass is 482 g/mol. The third-order valence-electron chi connectivity index (χ3n) is 6.54. The van der Waals surface area contributed by atoms with Gasteiger partial charge in [0.15, 0.2) is 0 Å². The van der Waals surface area contributed by atoms with Crippen LogP contribution in [-0.2, 0) is 9.53 Å². The molecule has 2 heterocycles. The van der Waals surface area contributed by atoms with E-state index in [1.165, 1.54) is 16.8 Å². The number of benzene rings is 2. The number of hydrogen-bond donors (Lipinski definition) is 2. The van der Waals surface area contributed by atoms with Gasteiger partial charge in [0.25, 0.3) is 0 Å². The quantitative estimate of drug-likeness (QED) is 0.610. The Kier molecular flexibility index (Phi) is 7.44. The number of esters is 1. The number of urea groups is 1. The lowest BCUT2D eigenvalue weighted by Gasteiger charge is -2.38. The average molecular weight is 483 g/mol. The Morgan fingerprint density at radius 1 is 1.09 bits per heavy atom. The molecule has 2 aromatic carbocycles. The molecule has 34 heavy (non-hydrogen) atoms. The van der Waals surface area contributed by atoms with Crippen molar-refractivity contribution < 1.29 is 14.3 Å². The SMILES string of the molecule is CCOC(=O)C1=C(CN2CCN(c3cccc(C)c3C)CC2)NC(=O)N[C@H]1c1ccccc1Cl. The minimum Gasteiger partial charge on any atom is -0.463 e. The van der Waals surface area contributed by atoms with Gasteiger partial charge in [-0.15, -0.1) is 0 Å². The molecule has 1 atom stereocenters. The molecule has 1 saturated heterocycles. The lowest BCUT2D eigenvalue weighted by atomic mass is 9.94. The highest BCUT2D eigenvalue weighted by atomic mass is 35.5. The van der Waals surface area contributed by atoms with Gasteiger partial charge in [-0.3, -0.25) is 4.90 Å². The predicted octanol–water partition coefficient (Wildman–Crippen LogP) is 3.95. The summed E-state index contributed by atoms with van der Waals surface area (Å²) >= 11 is 6.43. The van der Waals surface area contributed by atoms with Crippen LogP contribution < -0.4 is 15.5 Å². The topological polar surface area (TPSA) is 73.9 Å². The van der Waals surface area contributed by atoms with Gasteiger partial charge in [0.05, 0.1) is 18.2 Å². The van der Waals surface area contributed by atoms with E-state index in [0.29, 0.717) is 28.4 Å². The van der Waals surface area contributed by atoms with Crippen LogP contribution in [0.15, 0.2) is 53.7 Å². The van der Waals surface area contributed by atoms with E-state index in [-0.39, 0.29) is 12.6 Å². The number of ether oxygens (including phenoxy) is 1. The van der Waals surface area contributed by atoms with Crippen LogP contribution in [0, 0.1) is 13.8 Å². The lowest BCUT2D eigenvalue weighted by molar-refractivity contribution is -0.139. The predicted molar refractivity (Wildman–Crippen MR) is 134 cm³/mol. The molecule has 2 amide bonds. The van der Waals surface area contributed by atoms with Crippen molar-refractivity contribution in [3.63, 3.8) is 0 Å². The first kappa shape index (κ1) is 24.1. The van der Waals surface area contributed by atoms with Crippen molar-refractivity contribution in [1.29, 1.82) is 0 Å². The Hall–Kier alpha value is -3.03. The summed E-state index contributed by atoms with van der Waals surface area (Å²) in [5.74, 6) is -0.455. The van der Waals surface area contributed by atoms with E-state index in [4.69, 9.17) is 16.3 Å². The third kappa shape index (κ3) is 5.05. The largest absolute Gasteiger partial charge is 0.463 e. The van der Waals surface area contributed by atoms with Crippen molar-refractivity contribution in [2.24, 2.45) is 0 Å². The molecule has 0 saturated carbocycles. The van der Waals surface area contributed by atoms with Gasteiger partial charge >= 0.3 is 12.0 Å². The van der Waals surface area contributed by atoms with Crippen molar-refractivity contribution in [1.82, 2.24) is 15.5 Å². The number of piperazine rings is 1. The molecule has 0 unspecified atom stereocenters. The summed E-state index contributed by atoms with van der Waals surface area (Å²) in [6.45, 7) is 10.1. The van der Waals surface area contributed by atoms with Gasteiger partial charge in [-0.1, -0.05) is 41.9 Å². The minimum atomic E-state index is -0.673. The van der Waals surface area contributed by atoms with Crippen molar-refractivity contribution in [3.05, 3.63) is 75.4 Å². The number of carbonyl (C=O) groups is 2. The maximum Gasteiger partial charge on any atom is 0.338 e. The smallest absolute Gasteiger partial charge is 0.338 e. The molecule has 2 N–H and O–H groups in total. The van der Waals surface area contributed by atoms with Crippen LogP contribution >= 0.6 is 11.6 Å².